The summed E-state index contributed by atoms with van der Waals surface area (Å²) in [6.45, 7) is 14.9. The Morgan fingerprint density at radius 3 is 2.53 bits per heavy atom. The van der Waals surface area contributed by atoms with Gasteiger partial charge in [0.2, 0.25) is 5.91 Å². The number of halogens is 1. The van der Waals surface area contributed by atoms with Crippen LogP contribution in [0.2, 0.25) is 0 Å². The predicted molar refractivity (Wildman–Crippen MR) is 134 cm³/mol. The summed E-state index contributed by atoms with van der Waals surface area (Å²) in [4.78, 5) is 31.9. The molecule has 3 saturated heterocycles. The van der Waals surface area contributed by atoms with E-state index in [0.29, 0.717) is 36.8 Å². The van der Waals surface area contributed by atoms with Crippen LogP contribution in [0, 0.1) is 23.1 Å². The van der Waals surface area contributed by atoms with E-state index in [0.717, 1.165) is 6.42 Å². The van der Waals surface area contributed by atoms with E-state index in [9.17, 15) is 19.2 Å². The normalized spacial score (nSPS) is 28.8. The second-order valence-electron chi connectivity index (χ2n) is 11.2. The standard InChI is InChI=1S/C27H36FN5O3/c1-16-11-21(13-29)32(17(16)2)18(3)23(30-26(35)36-27(4,5)6)15-31-14-22-12-24(31)25(34)33(22)20-9-7-19(28)8-10-20/h7-10,16-17,21-24H,3,11-12,14-15H2,1-2,4-6H3,(H,30,35)/t16?,17?,21?,22-,23?,24?/m0/s1. The van der Waals surface area contributed by atoms with Gasteiger partial charge in [0, 0.05) is 30.5 Å². The Hall–Kier alpha value is -3.12. The Labute approximate surface area is 212 Å². The van der Waals surface area contributed by atoms with Gasteiger partial charge in [-0.2, -0.15) is 5.26 Å². The second-order valence-corrected chi connectivity index (χ2v) is 11.2. The molecule has 0 aliphatic carbocycles. The quantitative estimate of drug-likeness (QED) is 0.646. The van der Waals surface area contributed by atoms with Gasteiger partial charge in [-0.1, -0.05) is 13.5 Å². The van der Waals surface area contributed by atoms with Crippen LogP contribution in [-0.4, -0.2) is 70.7 Å². The molecule has 4 rings (SSSR count). The molecule has 9 heteroatoms. The third kappa shape index (κ3) is 5.05. The molecule has 1 N–H and O–H groups in total. The van der Waals surface area contributed by atoms with E-state index < -0.39 is 17.7 Å². The lowest BCUT2D eigenvalue weighted by Crippen LogP contribution is -2.56. The molecule has 1 aromatic carbocycles. The minimum absolute atomic E-state index is 0.0269. The molecule has 194 valence electrons. The van der Waals surface area contributed by atoms with E-state index >= 15 is 0 Å². The fraction of sp³-hybridized carbons (Fsp3) is 0.593. The maximum absolute atomic E-state index is 13.4. The predicted octanol–water partition coefficient (Wildman–Crippen LogP) is 3.64. The number of likely N-dealkylation sites (tertiary alicyclic amines) is 2. The maximum Gasteiger partial charge on any atom is 0.408 e. The van der Waals surface area contributed by atoms with Gasteiger partial charge in [-0.25, -0.2) is 9.18 Å². The van der Waals surface area contributed by atoms with Gasteiger partial charge in [0.05, 0.1) is 24.2 Å². The molecular weight excluding hydrogens is 461 g/mol. The Balaban J connectivity index is 1.52. The number of carbonyl (C=O) groups is 2. The number of anilines is 1. The van der Waals surface area contributed by atoms with Crippen LogP contribution < -0.4 is 10.2 Å². The summed E-state index contributed by atoms with van der Waals surface area (Å²) in [6, 6.07) is 7.24. The number of amides is 2. The molecular formula is C27H36FN5O3. The Kier molecular flexibility index (Phi) is 7.02. The molecule has 3 aliphatic heterocycles. The highest BCUT2D eigenvalue weighted by Gasteiger charge is 2.51. The van der Waals surface area contributed by atoms with E-state index in [2.05, 4.69) is 36.7 Å². The molecule has 8 nitrogen and oxygen atoms in total. The Bertz CT molecular complexity index is 1060. The Morgan fingerprint density at radius 2 is 1.94 bits per heavy atom. The van der Waals surface area contributed by atoms with Crippen molar-refractivity contribution in [1.29, 1.82) is 5.26 Å². The first-order chi connectivity index (χ1) is 16.9. The van der Waals surface area contributed by atoms with Gasteiger partial charge >= 0.3 is 6.09 Å². The molecule has 3 fully saturated rings. The van der Waals surface area contributed by atoms with E-state index in [1.54, 1.807) is 37.8 Å². The molecule has 2 amide bonds. The smallest absolute Gasteiger partial charge is 0.408 e. The first kappa shape index (κ1) is 26.0. The first-order valence-corrected chi connectivity index (χ1v) is 12.6. The molecule has 5 unspecified atom stereocenters. The van der Waals surface area contributed by atoms with Crippen LogP contribution in [0.25, 0.3) is 0 Å². The monoisotopic (exact) mass is 497 g/mol. The molecule has 0 saturated carbocycles. The van der Waals surface area contributed by atoms with Gasteiger partial charge in [0.1, 0.15) is 17.5 Å². The van der Waals surface area contributed by atoms with Gasteiger partial charge in [0.15, 0.2) is 0 Å². The summed E-state index contributed by atoms with van der Waals surface area (Å²) < 4.78 is 18.9. The van der Waals surface area contributed by atoms with Crippen molar-refractivity contribution in [3.63, 3.8) is 0 Å². The number of hydrogen-bond acceptors (Lipinski definition) is 6. The van der Waals surface area contributed by atoms with Gasteiger partial charge in [-0.15, -0.1) is 0 Å². The molecule has 0 radical (unpaired) electrons. The lowest BCUT2D eigenvalue weighted by Gasteiger charge is -2.39. The highest BCUT2D eigenvalue weighted by atomic mass is 19.1. The summed E-state index contributed by atoms with van der Waals surface area (Å²) in [5, 5.41) is 12.7. The van der Waals surface area contributed by atoms with Gasteiger partial charge in [-0.05, 0) is 70.7 Å². The van der Waals surface area contributed by atoms with Crippen molar-refractivity contribution >= 4 is 17.7 Å². The molecule has 6 atom stereocenters. The molecule has 3 heterocycles. The van der Waals surface area contributed by atoms with Crippen molar-refractivity contribution < 1.29 is 18.7 Å². The largest absolute Gasteiger partial charge is 0.444 e. The van der Waals surface area contributed by atoms with Gasteiger partial charge < -0.3 is 19.9 Å². The van der Waals surface area contributed by atoms with Gasteiger partial charge in [-0.3, -0.25) is 9.69 Å². The highest BCUT2D eigenvalue weighted by molar-refractivity contribution is 6.01. The van der Waals surface area contributed by atoms with Crippen LogP contribution in [0.3, 0.4) is 0 Å². The molecule has 2 bridgehead atoms. The third-order valence-electron chi connectivity index (χ3n) is 7.56. The zero-order valence-corrected chi connectivity index (χ0v) is 21.7. The SMILES string of the molecule is C=C(C(CN1C[C@@H]2CC1C(=O)N2c1ccc(F)cc1)NC(=O)OC(C)(C)C)N1C(C#N)CC(C)C1C. The zero-order valence-electron chi connectivity index (χ0n) is 21.7. The number of piperazine rings is 1. The van der Waals surface area contributed by atoms with Crippen molar-refractivity contribution in [1.82, 2.24) is 15.1 Å². The van der Waals surface area contributed by atoms with Crippen LogP contribution in [0.15, 0.2) is 36.5 Å². The summed E-state index contributed by atoms with van der Waals surface area (Å²) >= 11 is 0. The first-order valence-electron chi connectivity index (χ1n) is 12.6. The summed E-state index contributed by atoms with van der Waals surface area (Å²) in [7, 11) is 0. The van der Waals surface area contributed by atoms with Crippen LogP contribution in [0.1, 0.15) is 47.5 Å². The topological polar surface area (TPSA) is 88.9 Å². The van der Waals surface area contributed by atoms with Crippen molar-refractivity contribution in [2.75, 3.05) is 18.0 Å². The lowest BCUT2D eigenvalue weighted by molar-refractivity contribution is -0.122. The average molecular weight is 498 g/mol. The second kappa shape index (κ2) is 9.74. The van der Waals surface area contributed by atoms with Crippen molar-refractivity contribution in [3.05, 3.63) is 42.4 Å². The minimum atomic E-state index is -0.668. The molecule has 1 aromatic rings. The summed E-state index contributed by atoms with van der Waals surface area (Å²) in [6.07, 6.45) is 0.834. The van der Waals surface area contributed by atoms with Crippen LogP contribution >= 0.6 is 0 Å². The van der Waals surface area contributed by atoms with E-state index in [1.807, 2.05) is 4.90 Å². The third-order valence-corrected chi connectivity index (χ3v) is 7.56. The number of nitrogens with one attached hydrogen (secondary N) is 1. The van der Waals surface area contributed by atoms with E-state index in [1.165, 1.54) is 12.1 Å². The molecule has 0 aromatic heterocycles. The maximum atomic E-state index is 13.4. The minimum Gasteiger partial charge on any atom is -0.444 e. The Morgan fingerprint density at radius 1 is 1.28 bits per heavy atom. The number of nitrogens with zero attached hydrogens (tertiary/aromatic N) is 4. The van der Waals surface area contributed by atoms with Crippen molar-refractivity contribution in [2.45, 2.75) is 83.3 Å². The fourth-order valence-corrected chi connectivity index (χ4v) is 5.70. The molecule has 3 aliphatic rings. The number of benzene rings is 1. The van der Waals surface area contributed by atoms with Crippen LogP contribution in [0.4, 0.5) is 14.9 Å². The zero-order chi connectivity index (χ0) is 26.4. The molecule has 0 spiro atoms. The number of nitriles is 1. The lowest BCUT2D eigenvalue weighted by atomic mass is 10.0. The number of alkyl carbamates (subject to hydrolysis) is 1. The van der Waals surface area contributed by atoms with Crippen molar-refractivity contribution in [2.24, 2.45) is 5.92 Å². The van der Waals surface area contributed by atoms with Crippen molar-refractivity contribution in [3.8, 4) is 6.07 Å². The average Bonchev–Trinajstić information content (AvgIpc) is 3.43. The summed E-state index contributed by atoms with van der Waals surface area (Å²) in [5.74, 6) is -0.0624. The number of fused-ring (bicyclic) bond motifs is 2. The molecule has 36 heavy (non-hydrogen) atoms. The summed E-state index contributed by atoms with van der Waals surface area (Å²) in [5.41, 5.74) is 0.673. The number of rotatable bonds is 6. The fourth-order valence-electron chi connectivity index (χ4n) is 5.70. The van der Waals surface area contributed by atoms with E-state index in [4.69, 9.17) is 4.74 Å². The highest BCUT2D eigenvalue weighted by Crippen LogP contribution is 2.37. The number of carbonyl (C=O) groups excluding carboxylic acids is 2. The van der Waals surface area contributed by atoms with Crippen LogP contribution in [-0.2, 0) is 9.53 Å². The van der Waals surface area contributed by atoms with Crippen LogP contribution in [0.5, 0.6) is 0 Å². The van der Waals surface area contributed by atoms with Gasteiger partial charge in [0.25, 0.3) is 0 Å². The number of hydrogen-bond donors (Lipinski definition) is 1. The van der Waals surface area contributed by atoms with E-state index in [-0.39, 0.29) is 35.9 Å². The number of ether oxygens (including phenoxy) is 1.